The molecule has 2 heterocycles. The number of carbonyl (C=O) groups excluding carboxylic acids is 1. The molecule has 0 N–H and O–H groups in total. The Labute approximate surface area is 151 Å². The van der Waals surface area contributed by atoms with Crippen LogP contribution in [0.1, 0.15) is 38.3 Å². The highest BCUT2D eigenvalue weighted by molar-refractivity contribution is 6.09. The van der Waals surface area contributed by atoms with E-state index >= 15 is 0 Å². The van der Waals surface area contributed by atoms with Crippen molar-refractivity contribution in [3.05, 3.63) is 23.8 Å². The van der Waals surface area contributed by atoms with Crippen molar-refractivity contribution in [2.24, 2.45) is 16.3 Å². The second-order valence-corrected chi connectivity index (χ2v) is 7.54. The van der Waals surface area contributed by atoms with E-state index in [9.17, 15) is 4.79 Å². The maximum atomic E-state index is 13.1. The lowest BCUT2D eigenvalue weighted by Gasteiger charge is -2.40. The fourth-order valence-corrected chi connectivity index (χ4v) is 3.98. The molecule has 0 radical (unpaired) electrons. The molecule has 1 fully saturated rings. The van der Waals surface area contributed by atoms with E-state index < -0.39 is 0 Å². The van der Waals surface area contributed by atoms with Crippen molar-refractivity contribution < 1.29 is 14.3 Å². The Morgan fingerprint density at radius 3 is 2.73 bits per heavy atom. The van der Waals surface area contributed by atoms with E-state index in [1.165, 1.54) is 0 Å². The minimum absolute atomic E-state index is 0.115. The van der Waals surface area contributed by atoms with E-state index in [-0.39, 0.29) is 23.2 Å². The summed E-state index contributed by atoms with van der Waals surface area (Å²) in [4.78, 5) is 17.6. The molecule has 136 valence electrons. The molecular weight excluding hydrogens is 334 g/mol. The third-order valence-corrected chi connectivity index (χ3v) is 5.08. The molecule has 0 bridgehead atoms. The van der Waals surface area contributed by atoms with Crippen LogP contribution in [0.4, 0.5) is 5.95 Å². The number of ether oxygens (including phenoxy) is 2. The molecule has 1 aliphatic carbocycles. The summed E-state index contributed by atoms with van der Waals surface area (Å²) < 4.78 is 12.5. The van der Waals surface area contributed by atoms with E-state index in [1.54, 1.807) is 18.9 Å². The third-order valence-electron chi connectivity index (χ3n) is 5.08. The van der Waals surface area contributed by atoms with Crippen LogP contribution in [0, 0.1) is 11.3 Å². The Balaban J connectivity index is 1.88. The predicted octanol–water partition coefficient (Wildman–Crippen LogP) is 2.37. The van der Waals surface area contributed by atoms with Crippen LogP contribution < -0.4 is 9.47 Å². The largest absolute Gasteiger partial charge is 0.497 e. The Morgan fingerprint density at radius 1 is 1.19 bits per heavy atom. The van der Waals surface area contributed by atoms with Crippen molar-refractivity contribution >= 4 is 17.4 Å². The van der Waals surface area contributed by atoms with Crippen LogP contribution in [-0.2, 0) is 4.79 Å². The molecule has 2 atom stereocenters. The number of aromatic nitrogens is 4. The van der Waals surface area contributed by atoms with Gasteiger partial charge in [-0.25, -0.2) is 9.67 Å². The van der Waals surface area contributed by atoms with Gasteiger partial charge >= 0.3 is 0 Å². The lowest BCUT2D eigenvalue weighted by molar-refractivity contribution is -0.124. The van der Waals surface area contributed by atoms with Gasteiger partial charge in [-0.15, -0.1) is 0 Å². The first-order valence-electron chi connectivity index (χ1n) is 8.53. The van der Waals surface area contributed by atoms with Crippen LogP contribution >= 0.6 is 0 Å². The molecule has 26 heavy (non-hydrogen) atoms. The molecule has 8 heteroatoms. The van der Waals surface area contributed by atoms with Crippen molar-refractivity contribution in [3.63, 3.8) is 0 Å². The van der Waals surface area contributed by atoms with E-state index in [1.807, 2.05) is 18.2 Å². The number of fused-ring (bicyclic) bond motifs is 2. The van der Waals surface area contributed by atoms with Crippen molar-refractivity contribution in [2.75, 3.05) is 14.2 Å². The van der Waals surface area contributed by atoms with Gasteiger partial charge in [0.05, 0.1) is 20.1 Å². The first-order chi connectivity index (χ1) is 12.4. The van der Waals surface area contributed by atoms with E-state index in [0.717, 1.165) is 17.7 Å². The van der Waals surface area contributed by atoms with Crippen molar-refractivity contribution in [1.82, 2.24) is 20.2 Å². The zero-order valence-electron chi connectivity index (χ0n) is 15.3. The highest BCUT2D eigenvalue weighted by Crippen LogP contribution is 2.46. The number of hydrogen-bond donors (Lipinski definition) is 0. The van der Waals surface area contributed by atoms with Crippen molar-refractivity contribution in [1.29, 1.82) is 0 Å². The Kier molecular flexibility index (Phi) is 3.78. The summed E-state index contributed by atoms with van der Waals surface area (Å²) in [5.41, 5.74) is 1.57. The maximum absolute atomic E-state index is 13.1. The number of ketones is 1. The van der Waals surface area contributed by atoms with Crippen LogP contribution in [0.5, 0.6) is 11.5 Å². The van der Waals surface area contributed by atoms with Crippen LogP contribution in [0.2, 0.25) is 0 Å². The molecule has 1 saturated carbocycles. The van der Waals surface area contributed by atoms with Gasteiger partial charge in [-0.2, -0.15) is 0 Å². The van der Waals surface area contributed by atoms with Gasteiger partial charge in [-0.1, -0.05) is 18.9 Å². The van der Waals surface area contributed by atoms with Gasteiger partial charge in [-0.3, -0.25) is 4.79 Å². The molecule has 1 aliphatic heterocycles. The number of benzene rings is 1. The average molecular weight is 355 g/mol. The van der Waals surface area contributed by atoms with E-state index in [4.69, 9.17) is 9.47 Å². The molecule has 1 aromatic carbocycles. The summed E-state index contributed by atoms with van der Waals surface area (Å²) in [6.45, 7) is 4.17. The number of methoxy groups -OCH3 is 2. The standard InChI is InChI=1S/C18H21N5O3/c1-18(2)8-12-15(13(24)9-18)16(23-17(19-12)20-21-22-23)11-6-5-10(25-3)7-14(11)26-4/h5-7,15-16H,8-9H2,1-4H3. The summed E-state index contributed by atoms with van der Waals surface area (Å²) in [5.74, 6) is 1.51. The summed E-state index contributed by atoms with van der Waals surface area (Å²) in [5, 5.41) is 11.9. The molecule has 0 amide bonds. The number of aliphatic imine (C=N–C) groups is 1. The normalized spacial score (nSPS) is 23.7. The summed E-state index contributed by atoms with van der Waals surface area (Å²) in [7, 11) is 3.20. The van der Waals surface area contributed by atoms with Crippen molar-refractivity contribution in [2.45, 2.75) is 32.7 Å². The number of tetrazole rings is 1. The SMILES string of the molecule is COc1ccc(C2C3C(=O)CC(C)(C)CC3=Nc3nnnn32)c(OC)c1. The lowest BCUT2D eigenvalue weighted by Crippen LogP contribution is -2.44. The van der Waals surface area contributed by atoms with E-state index in [0.29, 0.717) is 23.9 Å². The molecule has 1 aromatic heterocycles. The van der Waals surface area contributed by atoms with Gasteiger partial charge in [0.1, 0.15) is 23.3 Å². The zero-order valence-corrected chi connectivity index (χ0v) is 15.3. The van der Waals surface area contributed by atoms with Gasteiger partial charge in [0.15, 0.2) is 0 Å². The summed E-state index contributed by atoms with van der Waals surface area (Å²) in [6.07, 6.45) is 1.24. The minimum Gasteiger partial charge on any atom is -0.497 e. The quantitative estimate of drug-likeness (QED) is 0.839. The molecule has 8 nitrogen and oxygen atoms in total. The first kappa shape index (κ1) is 16.7. The number of carbonyl (C=O) groups is 1. The maximum Gasteiger partial charge on any atom is 0.269 e. The van der Waals surface area contributed by atoms with Crippen molar-refractivity contribution in [3.8, 4) is 11.5 Å². The molecule has 4 rings (SSSR count). The number of nitrogens with zero attached hydrogens (tertiary/aromatic N) is 5. The summed E-state index contributed by atoms with van der Waals surface area (Å²) in [6, 6.07) is 5.19. The highest BCUT2D eigenvalue weighted by Gasteiger charge is 2.47. The van der Waals surface area contributed by atoms with Gasteiger partial charge in [0.2, 0.25) is 0 Å². The van der Waals surface area contributed by atoms with Crippen LogP contribution in [0.3, 0.4) is 0 Å². The lowest BCUT2D eigenvalue weighted by atomic mass is 9.67. The Morgan fingerprint density at radius 2 is 2.00 bits per heavy atom. The van der Waals surface area contributed by atoms with Crippen LogP contribution in [0.25, 0.3) is 0 Å². The average Bonchev–Trinajstić information content (AvgIpc) is 3.06. The Hall–Kier alpha value is -2.77. The third kappa shape index (κ3) is 2.56. The first-order valence-corrected chi connectivity index (χ1v) is 8.53. The smallest absolute Gasteiger partial charge is 0.269 e. The van der Waals surface area contributed by atoms with Crippen LogP contribution in [-0.4, -0.2) is 45.9 Å². The number of Topliss-reactive ketones (excluding diaryl/α,β-unsaturated/α-hetero) is 1. The zero-order chi connectivity index (χ0) is 18.5. The minimum atomic E-state index is -0.388. The molecular formula is C18H21N5O3. The fourth-order valence-electron chi connectivity index (χ4n) is 3.98. The summed E-state index contributed by atoms with van der Waals surface area (Å²) >= 11 is 0. The Bertz CT molecular complexity index is 902. The van der Waals surface area contributed by atoms with Gasteiger partial charge < -0.3 is 9.47 Å². The highest BCUT2D eigenvalue weighted by atomic mass is 16.5. The number of rotatable bonds is 3. The van der Waals surface area contributed by atoms with Gasteiger partial charge in [0.25, 0.3) is 5.95 Å². The monoisotopic (exact) mass is 355 g/mol. The molecule has 2 unspecified atom stereocenters. The molecule has 0 saturated heterocycles. The molecule has 2 aromatic rings. The molecule has 2 aliphatic rings. The molecule has 0 spiro atoms. The van der Waals surface area contributed by atoms with Gasteiger partial charge in [0, 0.05) is 23.8 Å². The fraction of sp³-hybridized carbons (Fsp3) is 0.500. The van der Waals surface area contributed by atoms with E-state index in [2.05, 4.69) is 34.4 Å². The predicted molar refractivity (Wildman–Crippen MR) is 94.1 cm³/mol. The second-order valence-electron chi connectivity index (χ2n) is 7.54. The van der Waals surface area contributed by atoms with Crippen LogP contribution in [0.15, 0.2) is 23.2 Å². The van der Waals surface area contributed by atoms with Gasteiger partial charge in [-0.05, 0) is 34.4 Å². The second kappa shape index (κ2) is 5.89. The number of hydrogen-bond acceptors (Lipinski definition) is 7. The topological polar surface area (TPSA) is 91.5 Å².